The number of aryl methyl sites for hydroxylation is 3. The lowest BCUT2D eigenvalue weighted by Gasteiger charge is -2.09. The molecule has 2 aromatic heterocycles. The van der Waals surface area contributed by atoms with Crippen LogP contribution in [0.25, 0.3) is 33.1 Å². The molecule has 4 rings (SSSR count). The van der Waals surface area contributed by atoms with E-state index in [9.17, 15) is 14.7 Å². The van der Waals surface area contributed by atoms with Gasteiger partial charge in [-0.15, -0.1) is 0 Å². The topological polar surface area (TPSA) is 75.1 Å². The number of aromatic carboxylic acids is 1. The average Bonchev–Trinajstić information content (AvgIpc) is 2.96. The fourth-order valence-corrected chi connectivity index (χ4v) is 3.54. The van der Waals surface area contributed by atoms with Crippen LogP contribution in [0, 0.1) is 13.8 Å². The van der Waals surface area contributed by atoms with Gasteiger partial charge < -0.3 is 10.1 Å². The fourth-order valence-electron chi connectivity index (χ4n) is 3.54. The summed E-state index contributed by atoms with van der Waals surface area (Å²) < 4.78 is 1.59. The SMILES string of the molecule is Cc1ccc(-c2cc3c4cc(C(=O)O)ccc4[nH]c3n(C)c2=O)c(C)c1. The van der Waals surface area contributed by atoms with E-state index in [4.69, 9.17) is 0 Å². The minimum Gasteiger partial charge on any atom is -0.478 e. The number of hydrogen-bond donors (Lipinski definition) is 2. The summed E-state index contributed by atoms with van der Waals surface area (Å²) in [7, 11) is 1.73. The van der Waals surface area contributed by atoms with E-state index < -0.39 is 5.97 Å². The maximum atomic E-state index is 12.9. The van der Waals surface area contributed by atoms with E-state index in [0.717, 1.165) is 33.0 Å². The number of aromatic amines is 1. The number of fused-ring (bicyclic) bond motifs is 3. The lowest BCUT2D eigenvalue weighted by atomic mass is 9.98. The number of carbonyl (C=O) groups is 1. The van der Waals surface area contributed by atoms with Crippen LogP contribution in [0.1, 0.15) is 21.5 Å². The molecule has 4 aromatic rings. The third-order valence-corrected chi connectivity index (χ3v) is 4.90. The van der Waals surface area contributed by atoms with Crippen molar-refractivity contribution in [1.29, 1.82) is 0 Å². The first-order chi connectivity index (χ1) is 12.4. The first-order valence-electron chi connectivity index (χ1n) is 8.33. The molecule has 26 heavy (non-hydrogen) atoms. The second-order valence-electron chi connectivity index (χ2n) is 6.69. The van der Waals surface area contributed by atoms with Gasteiger partial charge in [0.15, 0.2) is 0 Å². The van der Waals surface area contributed by atoms with E-state index in [1.165, 1.54) is 0 Å². The molecule has 0 aliphatic heterocycles. The second kappa shape index (κ2) is 5.59. The summed E-state index contributed by atoms with van der Waals surface area (Å²) in [5, 5.41) is 10.9. The van der Waals surface area contributed by atoms with Gasteiger partial charge in [0.2, 0.25) is 0 Å². The number of aromatic nitrogens is 2. The third-order valence-electron chi connectivity index (χ3n) is 4.90. The van der Waals surface area contributed by atoms with Crippen LogP contribution in [0.3, 0.4) is 0 Å². The van der Waals surface area contributed by atoms with E-state index in [0.29, 0.717) is 11.2 Å². The van der Waals surface area contributed by atoms with Crippen LogP contribution in [0.2, 0.25) is 0 Å². The molecule has 0 unspecified atom stereocenters. The number of pyridine rings is 1. The molecule has 0 atom stereocenters. The number of carboxylic acid groups (broad SMARTS) is 1. The molecule has 0 saturated carbocycles. The van der Waals surface area contributed by atoms with E-state index in [2.05, 4.69) is 11.1 Å². The minimum atomic E-state index is -0.972. The number of carboxylic acids is 1. The highest BCUT2D eigenvalue weighted by atomic mass is 16.4. The number of rotatable bonds is 2. The largest absolute Gasteiger partial charge is 0.478 e. The number of nitrogens with zero attached hydrogens (tertiary/aromatic N) is 1. The van der Waals surface area contributed by atoms with Crippen LogP contribution >= 0.6 is 0 Å². The smallest absolute Gasteiger partial charge is 0.335 e. The van der Waals surface area contributed by atoms with Crippen LogP contribution < -0.4 is 5.56 Å². The van der Waals surface area contributed by atoms with E-state index in [1.807, 2.05) is 32.0 Å². The van der Waals surface area contributed by atoms with Crippen molar-refractivity contribution >= 4 is 27.9 Å². The van der Waals surface area contributed by atoms with Crippen molar-refractivity contribution < 1.29 is 9.90 Å². The zero-order valence-electron chi connectivity index (χ0n) is 14.8. The minimum absolute atomic E-state index is 0.0885. The Bertz CT molecular complexity index is 1260. The summed E-state index contributed by atoms with van der Waals surface area (Å²) in [6.07, 6.45) is 0. The van der Waals surface area contributed by atoms with Crippen molar-refractivity contribution in [3.8, 4) is 11.1 Å². The van der Waals surface area contributed by atoms with Gasteiger partial charge in [-0.2, -0.15) is 0 Å². The molecule has 0 radical (unpaired) electrons. The van der Waals surface area contributed by atoms with Gasteiger partial charge in [0.05, 0.1) is 5.56 Å². The fraction of sp³-hybridized carbons (Fsp3) is 0.143. The molecule has 2 N–H and O–H groups in total. The maximum Gasteiger partial charge on any atom is 0.335 e. The predicted octanol–water partition coefficient (Wildman–Crippen LogP) is 4.00. The van der Waals surface area contributed by atoms with Crippen molar-refractivity contribution in [2.45, 2.75) is 13.8 Å². The van der Waals surface area contributed by atoms with Gasteiger partial charge in [-0.05, 0) is 49.2 Å². The highest BCUT2D eigenvalue weighted by molar-refractivity contribution is 6.09. The molecule has 0 bridgehead atoms. The van der Waals surface area contributed by atoms with E-state index in [-0.39, 0.29) is 11.1 Å². The van der Waals surface area contributed by atoms with Gasteiger partial charge in [-0.3, -0.25) is 9.36 Å². The molecule has 0 fully saturated rings. The Morgan fingerprint density at radius 1 is 1.00 bits per heavy atom. The van der Waals surface area contributed by atoms with Crippen molar-refractivity contribution in [1.82, 2.24) is 9.55 Å². The Labute approximate surface area is 149 Å². The van der Waals surface area contributed by atoms with Crippen molar-refractivity contribution in [2.75, 3.05) is 0 Å². The monoisotopic (exact) mass is 346 g/mol. The molecule has 0 aliphatic carbocycles. The lowest BCUT2D eigenvalue weighted by molar-refractivity contribution is 0.0697. The molecule has 0 spiro atoms. The van der Waals surface area contributed by atoms with Crippen LogP contribution in [0.15, 0.2) is 47.3 Å². The summed E-state index contributed by atoms with van der Waals surface area (Å²) in [6, 6.07) is 12.8. The van der Waals surface area contributed by atoms with Gasteiger partial charge in [-0.1, -0.05) is 23.8 Å². The third kappa shape index (κ3) is 2.32. The van der Waals surface area contributed by atoms with Gasteiger partial charge in [0.25, 0.3) is 5.56 Å². The van der Waals surface area contributed by atoms with Crippen LogP contribution in [0.5, 0.6) is 0 Å². The Kier molecular flexibility index (Phi) is 3.47. The molecule has 5 nitrogen and oxygen atoms in total. The van der Waals surface area contributed by atoms with Crippen LogP contribution in [-0.4, -0.2) is 20.6 Å². The first-order valence-corrected chi connectivity index (χ1v) is 8.33. The standard InChI is InChI=1S/C21H18N2O3/c1-11-4-6-14(12(2)8-11)17-10-16-15-9-13(21(25)26)5-7-18(15)22-19(16)23(3)20(17)24/h4-10,22H,1-3H3,(H,25,26). The highest BCUT2D eigenvalue weighted by Crippen LogP contribution is 2.30. The Hall–Kier alpha value is -3.34. The molecule has 5 heteroatoms. The maximum absolute atomic E-state index is 12.9. The molecule has 130 valence electrons. The van der Waals surface area contributed by atoms with Gasteiger partial charge in [0.1, 0.15) is 5.65 Å². The summed E-state index contributed by atoms with van der Waals surface area (Å²) in [4.78, 5) is 27.5. The van der Waals surface area contributed by atoms with Crippen molar-refractivity contribution in [3.05, 3.63) is 69.5 Å². The van der Waals surface area contributed by atoms with Crippen LogP contribution in [-0.2, 0) is 7.05 Å². The number of hydrogen-bond acceptors (Lipinski definition) is 2. The summed E-state index contributed by atoms with van der Waals surface area (Å²) in [6.45, 7) is 4.01. The molecule has 0 saturated heterocycles. The number of nitrogens with one attached hydrogen (secondary N) is 1. The molecule has 0 amide bonds. The van der Waals surface area contributed by atoms with Gasteiger partial charge in [-0.25, -0.2) is 4.79 Å². The number of H-pyrrole nitrogens is 1. The van der Waals surface area contributed by atoms with E-state index >= 15 is 0 Å². The zero-order chi connectivity index (χ0) is 18.6. The number of benzene rings is 2. The molecule has 2 aromatic carbocycles. The summed E-state index contributed by atoms with van der Waals surface area (Å²) >= 11 is 0. The first kappa shape index (κ1) is 16.1. The Morgan fingerprint density at radius 2 is 1.77 bits per heavy atom. The quantitative estimate of drug-likeness (QED) is 0.576. The van der Waals surface area contributed by atoms with E-state index in [1.54, 1.807) is 29.8 Å². The molecule has 0 aliphatic rings. The lowest BCUT2D eigenvalue weighted by Crippen LogP contribution is -2.19. The van der Waals surface area contributed by atoms with Crippen molar-refractivity contribution in [2.24, 2.45) is 7.05 Å². The highest BCUT2D eigenvalue weighted by Gasteiger charge is 2.15. The molecular weight excluding hydrogens is 328 g/mol. The molecular formula is C21H18N2O3. The van der Waals surface area contributed by atoms with Gasteiger partial charge >= 0.3 is 5.97 Å². The Morgan fingerprint density at radius 3 is 2.46 bits per heavy atom. The summed E-state index contributed by atoms with van der Waals surface area (Å²) in [5.74, 6) is -0.972. The average molecular weight is 346 g/mol. The Balaban J connectivity index is 2.10. The normalized spacial score (nSPS) is 11.3. The van der Waals surface area contributed by atoms with Crippen LogP contribution in [0.4, 0.5) is 0 Å². The van der Waals surface area contributed by atoms with Crippen molar-refractivity contribution in [3.63, 3.8) is 0 Å². The summed E-state index contributed by atoms with van der Waals surface area (Å²) in [5.41, 5.74) is 5.30. The predicted molar refractivity (Wildman–Crippen MR) is 103 cm³/mol. The van der Waals surface area contributed by atoms with Gasteiger partial charge in [0, 0.05) is 28.9 Å². The molecule has 2 heterocycles. The second-order valence-corrected chi connectivity index (χ2v) is 6.69. The zero-order valence-corrected chi connectivity index (χ0v) is 14.8.